The summed E-state index contributed by atoms with van der Waals surface area (Å²) in [6.07, 6.45) is 3.35. The molecule has 1 N–H and O–H groups in total. The predicted octanol–water partition coefficient (Wildman–Crippen LogP) is 3.85. The monoisotopic (exact) mass is 351 g/mol. The van der Waals surface area contributed by atoms with Crippen molar-refractivity contribution in [3.63, 3.8) is 0 Å². The summed E-state index contributed by atoms with van der Waals surface area (Å²) < 4.78 is 6.13. The van der Waals surface area contributed by atoms with Crippen LogP contribution in [0.3, 0.4) is 0 Å². The Hall–Kier alpha value is -1.59. The first-order valence-electron chi connectivity index (χ1n) is 6.01. The molecule has 1 aromatic heterocycles. The highest BCUT2D eigenvalue weighted by Crippen LogP contribution is 2.22. The number of amides is 1. The first kappa shape index (κ1) is 14.8. The lowest BCUT2D eigenvalue weighted by Gasteiger charge is -2.04. The third kappa shape index (κ3) is 4.51. The molecule has 1 amide bonds. The first-order chi connectivity index (χ1) is 9.67. The lowest BCUT2D eigenvalue weighted by atomic mass is 10.2. The molecular formula is C15H14BrNO2S. The van der Waals surface area contributed by atoms with Crippen LogP contribution in [-0.2, 0) is 11.3 Å². The number of rotatable bonds is 5. The summed E-state index contributed by atoms with van der Waals surface area (Å²) in [5.74, 6) is 0.702. The molecule has 0 aliphatic carbocycles. The second kappa shape index (κ2) is 7.26. The molecule has 3 nitrogen and oxygen atoms in total. The van der Waals surface area contributed by atoms with Crippen LogP contribution < -0.4 is 10.1 Å². The van der Waals surface area contributed by atoms with Gasteiger partial charge in [-0.15, -0.1) is 11.3 Å². The summed E-state index contributed by atoms with van der Waals surface area (Å²) >= 11 is 4.97. The second-order valence-corrected chi connectivity index (χ2v) is 6.54. The lowest BCUT2D eigenvalue weighted by molar-refractivity contribution is -0.116. The molecule has 0 radical (unpaired) electrons. The molecule has 5 heteroatoms. The van der Waals surface area contributed by atoms with Crippen molar-refractivity contribution >= 4 is 39.2 Å². The molecule has 0 aliphatic rings. The number of methoxy groups -OCH3 is 1. The number of ether oxygens (including phenoxy) is 1. The van der Waals surface area contributed by atoms with E-state index in [9.17, 15) is 4.79 Å². The molecule has 0 unspecified atom stereocenters. The van der Waals surface area contributed by atoms with Gasteiger partial charge in [0.2, 0.25) is 5.91 Å². The molecule has 0 spiro atoms. The minimum Gasteiger partial charge on any atom is -0.497 e. The van der Waals surface area contributed by atoms with Crippen molar-refractivity contribution in [2.24, 2.45) is 0 Å². The summed E-state index contributed by atoms with van der Waals surface area (Å²) in [6, 6.07) is 11.5. The summed E-state index contributed by atoms with van der Waals surface area (Å²) in [5, 5.41) is 2.84. The topological polar surface area (TPSA) is 38.3 Å². The van der Waals surface area contributed by atoms with E-state index in [1.165, 1.54) is 0 Å². The standard InChI is InChI=1S/C15H14BrNO2S/c1-19-12-4-2-11(3-5-12)10-17-15(18)9-7-13-6-8-14(16)20-13/h2-9H,10H2,1H3,(H,17,18). The zero-order valence-electron chi connectivity index (χ0n) is 10.9. The summed E-state index contributed by atoms with van der Waals surface area (Å²) in [4.78, 5) is 12.7. The van der Waals surface area contributed by atoms with Gasteiger partial charge in [-0.05, 0) is 51.8 Å². The Bertz CT molecular complexity index is 605. The molecule has 2 rings (SSSR count). The van der Waals surface area contributed by atoms with E-state index in [1.807, 2.05) is 36.4 Å². The second-order valence-electron chi connectivity index (χ2n) is 4.04. The molecule has 0 aliphatic heterocycles. The average molecular weight is 352 g/mol. The minimum absolute atomic E-state index is 0.106. The van der Waals surface area contributed by atoms with Crippen LogP contribution in [0.25, 0.3) is 6.08 Å². The van der Waals surface area contributed by atoms with E-state index in [-0.39, 0.29) is 5.91 Å². The van der Waals surface area contributed by atoms with Crippen LogP contribution in [0.5, 0.6) is 5.75 Å². The molecule has 0 saturated heterocycles. The number of hydrogen-bond donors (Lipinski definition) is 1. The Morgan fingerprint density at radius 1 is 1.30 bits per heavy atom. The number of carbonyl (C=O) groups is 1. The van der Waals surface area contributed by atoms with Gasteiger partial charge in [-0.1, -0.05) is 12.1 Å². The fourth-order valence-electron chi connectivity index (χ4n) is 1.57. The third-order valence-corrected chi connectivity index (χ3v) is 4.21. The molecule has 0 atom stereocenters. The van der Waals surface area contributed by atoms with Crippen molar-refractivity contribution in [2.75, 3.05) is 7.11 Å². The first-order valence-corrected chi connectivity index (χ1v) is 7.62. The quantitative estimate of drug-likeness (QED) is 0.830. The van der Waals surface area contributed by atoms with Gasteiger partial charge in [0.15, 0.2) is 0 Å². The Morgan fingerprint density at radius 2 is 2.05 bits per heavy atom. The number of benzene rings is 1. The zero-order valence-corrected chi connectivity index (χ0v) is 13.3. The van der Waals surface area contributed by atoms with E-state index in [4.69, 9.17) is 4.74 Å². The average Bonchev–Trinajstić information content (AvgIpc) is 2.89. The molecule has 1 aromatic carbocycles. The van der Waals surface area contributed by atoms with Gasteiger partial charge >= 0.3 is 0 Å². The van der Waals surface area contributed by atoms with Crippen LogP contribution in [0, 0.1) is 0 Å². The van der Waals surface area contributed by atoms with Crippen LogP contribution in [0.4, 0.5) is 0 Å². The van der Waals surface area contributed by atoms with E-state index in [2.05, 4.69) is 21.2 Å². The van der Waals surface area contributed by atoms with Crippen LogP contribution >= 0.6 is 27.3 Å². The number of halogens is 1. The fourth-order valence-corrected chi connectivity index (χ4v) is 2.89. The van der Waals surface area contributed by atoms with Gasteiger partial charge in [0.25, 0.3) is 0 Å². The molecule has 0 bridgehead atoms. The largest absolute Gasteiger partial charge is 0.497 e. The molecule has 0 saturated carbocycles. The van der Waals surface area contributed by atoms with E-state index < -0.39 is 0 Å². The Morgan fingerprint density at radius 3 is 2.65 bits per heavy atom. The van der Waals surface area contributed by atoms with Crippen molar-refractivity contribution in [1.29, 1.82) is 0 Å². The highest BCUT2D eigenvalue weighted by Gasteiger charge is 1.98. The van der Waals surface area contributed by atoms with Crippen molar-refractivity contribution in [1.82, 2.24) is 5.32 Å². The van der Waals surface area contributed by atoms with Gasteiger partial charge in [0, 0.05) is 17.5 Å². The fraction of sp³-hybridized carbons (Fsp3) is 0.133. The maximum absolute atomic E-state index is 11.7. The van der Waals surface area contributed by atoms with Gasteiger partial charge in [0.1, 0.15) is 5.75 Å². The maximum atomic E-state index is 11.7. The van der Waals surface area contributed by atoms with Gasteiger partial charge < -0.3 is 10.1 Å². The van der Waals surface area contributed by atoms with Crippen molar-refractivity contribution in [3.05, 3.63) is 56.7 Å². The Balaban J connectivity index is 1.83. The van der Waals surface area contributed by atoms with E-state index in [0.717, 1.165) is 20.0 Å². The molecule has 2 aromatic rings. The third-order valence-electron chi connectivity index (χ3n) is 2.62. The van der Waals surface area contributed by atoms with E-state index >= 15 is 0 Å². The van der Waals surface area contributed by atoms with Crippen LogP contribution in [-0.4, -0.2) is 13.0 Å². The minimum atomic E-state index is -0.106. The Kier molecular flexibility index (Phi) is 5.38. The van der Waals surface area contributed by atoms with Gasteiger partial charge in [-0.2, -0.15) is 0 Å². The number of thiophene rings is 1. The lowest BCUT2D eigenvalue weighted by Crippen LogP contribution is -2.20. The predicted molar refractivity (Wildman–Crippen MR) is 85.9 cm³/mol. The van der Waals surface area contributed by atoms with Crippen LogP contribution in [0.15, 0.2) is 46.3 Å². The summed E-state index contributed by atoms with van der Waals surface area (Å²) in [6.45, 7) is 0.501. The zero-order chi connectivity index (χ0) is 14.4. The molecular weight excluding hydrogens is 338 g/mol. The van der Waals surface area contributed by atoms with Crippen molar-refractivity contribution in [2.45, 2.75) is 6.54 Å². The summed E-state index contributed by atoms with van der Waals surface area (Å²) in [5.41, 5.74) is 1.03. The number of carbonyl (C=O) groups excluding carboxylic acids is 1. The Labute approximate surface area is 130 Å². The van der Waals surface area contributed by atoms with Crippen LogP contribution in [0.2, 0.25) is 0 Å². The normalized spacial score (nSPS) is 10.7. The molecule has 0 fully saturated rings. The molecule has 20 heavy (non-hydrogen) atoms. The SMILES string of the molecule is COc1ccc(CNC(=O)C=Cc2ccc(Br)s2)cc1. The highest BCUT2D eigenvalue weighted by atomic mass is 79.9. The van der Waals surface area contributed by atoms with Crippen LogP contribution in [0.1, 0.15) is 10.4 Å². The highest BCUT2D eigenvalue weighted by molar-refractivity contribution is 9.11. The van der Waals surface area contributed by atoms with E-state index in [1.54, 1.807) is 30.6 Å². The van der Waals surface area contributed by atoms with Crippen molar-refractivity contribution < 1.29 is 9.53 Å². The van der Waals surface area contributed by atoms with Gasteiger partial charge in [-0.25, -0.2) is 0 Å². The number of nitrogens with one attached hydrogen (secondary N) is 1. The van der Waals surface area contributed by atoms with Gasteiger partial charge in [0.05, 0.1) is 10.9 Å². The molecule has 1 heterocycles. The molecule has 104 valence electrons. The smallest absolute Gasteiger partial charge is 0.244 e. The maximum Gasteiger partial charge on any atom is 0.244 e. The number of hydrogen-bond acceptors (Lipinski definition) is 3. The van der Waals surface area contributed by atoms with E-state index in [0.29, 0.717) is 6.54 Å². The van der Waals surface area contributed by atoms with Crippen molar-refractivity contribution in [3.8, 4) is 5.75 Å². The summed E-state index contributed by atoms with van der Waals surface area (Å²) in [7, 11) is 1.63. The van der Waals surface area contributed by atoms with Gasteiger partial charge in [-0.3, -0.25) is 4.79 Å².